The Balaban J connectivity index is 0.00000220. The van der Waals surface area contributed by atoms with Crippen molar-refractivity contribution in [2.75, 3.05) is 26.2 Å². The van der Waals surface area contributed by atoms with Crippen LogP contribution in [0.15, 0.2) is 35.3 Å². The zero-order valence-corrected chi connectivity index (χ0v) is 14.6. The van der Waals surface area contributed by atoms with Crippen LogP contribution in [-0.4, -0.2) is 31.1 Å². The summed E-state index contributed by atoms with van der Waals surface area (Å²) in [5, 5.41) is 3.38. The molecule has 21 heavy (non-hydrogen) atoms. The Morgan fingerprint density at radius 2 is 2.10 bits per heavy atom. The second-order valence-corrected chi connectivity index (χ2v) is 6.33. The molecule has 1 fully saturated rings. The molecule has 118 valence electrons. The predicted molar refractivity (Wildman–Crippen MR) is 92.4 cm³/mol. The Bertz CT molecular complexity index is 450. The Hall–Kier alpha value is -0.420. The van der Waals surface area contributed by atoms with Gasteiger partial charge >= 0.3 is 0 Å². The van der Waals surface area contributed by atoms with Crippen molar-refractivity contribution in [2.45, 2.75) is 19.4 Å². The minimum atomic E-state index is -0.132. The van der Waals surface area contributed by atoms with E-state index in [2.05, 4.69) is 32.7 Å². The third-order valence-electron chi connectivity index (χ3n) is 3.76. The van der Waals surface area contributed by atoms with Crippen LogP contribution in [0.4, 0.5) is 4.39 Å². The van der Waals surface area contributed by atoms with Crippen LogP contribution < -0.4 is 5.32 Å². The van der Waals surface area contributed by atoms with E-state index in [1.54, 1.807) is 6.07 Å². The van der Waals surface area contributed by atoms with Crippen molar-refractivity contribution >= 4 is 28.3 Å². The maximum Gasteiger partial charge on any atom is 0.127 e. The average molecular weight is 378 g/mol. The molecule has 1 N–H and O–H groups in total. The lowest BCUT2D eigenvalue weighted by molar-refractivity contribution is 0.213. The van der Waals surface area contributed by atoms with Gasteiger partial charge in [0.15, 0.2) is 0 Å². The lowest BCUT2D eigenvalue weighted by Crippen LogP contribution is -2.36. The third-order valence-corrected chi connectivity index (χ3v) is 4.26. The molecule has 1 aromatic rings. The summed E-state index contributed by atoms with van der Waals surface area (Å²) in [6.45, 7) is 8.46. The maximum atomic E-state index is 13.9. The molecule has 0 aliphatic carbocycles. The quantitative estimate of drug-likeness (QED) is 0.754. The fourth-order valence-corrected chi connectivity index (χ4v) is 3.13. The van der Waals surface area contributed by atoms with E-state index in [0.29, 0.717) is 12.5 Å². The van der Waals surface area contributed by atoms with E-state index in [9.17, 15) is 4.39 Å². The van der Waals surface area contributed by atoms with E-state index >= 15 is 0 Å². The largest absolute Gasteiger partial charge is 0.317 e. The number of hydrogen-bond acceptors (Lipinski definition) is 2. The van der Waals surface area contributed by atoms with Crippen LogP contribution in [0.5, 0.6) is 0 Å². The minimum absolute atomic E-state index is 0. The van der Waals surface area contributed by atoms with E-state index in [-0.39, 0.29) is 18.2 Å². The van der Waals surface area contributed by atoms with E-state index in [1.807, 2.05) is 12.1 Å². The van der Waals surface area contributed by atoms with Crippen LogP contribution in [0.2, 0.25) is 0 Å². The van der Waals surface area contributed by atoms with Crippen LogP contribution >= 0.6 is 28.3 Å². The monoisotopic (exact) mass is 376 g/mol. The lowest BCUT2D eigenvalue weighted by atomic mass is 9.97. The van der Waals surface area contributed by atoms with Gasteiger partial charge in [-0.25, -0.2) is 4.39 Å². The van der Waals surface area contributed by atoms with E-state index in [4.69, 9.17) is 0 Å². The first kappa shape index (κ1) is 18.6. The molecule has 0 atom stereocenters. The molecule has 0 bridgehead atoms. The summed E-state index contributed by atoms with van der Waals surface area (Å²) in [6, 6.07) is 5.13. The molecule has 0 aromatic heterocycles. The van der Waals surface area contributed by atoms with Gasteiger partial charge in [-0.05, 0) is 50.0 Å². The van der Waals surface area contributed by atoms with E-state index in [1.165, 1.54) is 18.9 Å². The van der Waals surface area contributed by atoms with Gasteiger partial charge in [0.1, 0.15) is 5.82 Å². The highest BCUT2D eigenvalue weighted by Gasteiger charge is 2.17. The van der Waals surface area contributed by atoms with Crippen LogP contribution in [-0.2, 0) is 6.54 Å². The van der Waals surface area contributed by atoms with Crippen molar-refractivity contribution in [3.8, 4) is 0 Å². The average Bonchev–Trinajstić information content (AvgIpc) is 2.44. The number of rotatable bonds is 6. The van der Waals surface area contributed by atoms with E-state index < -0.39 is 0 Å². The lowest BCUT2D eigenvalue weighted by Gasteiger charge is -2.29. The van der Waals surface area contributed by atoms with Gasteiger partial charge in [0.05, 0.1) is 0 Å². The molecule has 5 heteroatoms. The number of halogens is 3. The highest BCUT2D eigenvalue weighted by Crippen LogP contribution is 2.19. The molecule has 1 saturated heterocycles. The molecule has 0 unspecified atom stereocenters. The van der Waals surface area contributed by atoms with E-state index in [0.717, 1.165) is 36.2 Å². The van der Waals surface area contributed by atoms with Gasteiger partial charge < -0.3 is 5.32 Å². The second-order valence-electron chi connectivity index (χ2n) is 5.41. The number of benzene rings is 1. The normalized spacial score (nSPS) is 15.8. The molecule has 1 heterocycles. The molecular weight excluding hydrogens is 355 g/mol. The number of nitrogens with zero attached hydrogens (tertiary/aromatic N) is 1. The van der Waals surface area contributed by atoms with Crippen LogP contribution in [0, 0.1) is 11.7 Å². The van der Waals surface area contributed by atoms with Crippen molar-refractivity contribution in [1.29, 1.82) is 0 Å². The van der Waals surface area contributed by atoms with Gasteiger partial charge in [0, 0.05) is 29.7 Å². The summed E-state index contributed by atoms with van der Waals surface area (Å²) >= 11 is 3.41. The molecule has 1 aliphatic rings. The molecule has 0 amide bonds. The van der Waals surface area contributed by atoms with Crippen LogP contribution in [0.3, 0.4) is 0 Å². The second kappa shape index (κ2) is 9.57. The highest BCUT2D eigenvalue weighted by atomic mass is 79.9. The molecule has 2 rings (SSSR count). The fourth-order valence-electron chi connectivity index (χ4n) is 2.72. The smallest absolute Gasteiger partial charge is 0.127 e. The topological polar surface area (TPSA) is 15.3 Å². The summed E-state index contributed by atoms with van der Waals surface area (Å²) in [4.78, 5) is 2.29. The summed E-state index contributed by atoms with van der Waals surface area (Å²) in [6.07, 6.45) is 4.31. The van der Waals surface area contributed by atoms with Gasteiger partial charge in [0.25, 0.3) is 0 Å². The Labute approximate surface area is 141 Å². The van der Waals surface area contributed by atoms with Gasteiger partial charge in [-0.2, -0.15) is 0 Å². The number of piperidine rings is 1. The molecule has 0 spiro atoms. The number of hydrogen-bond donors (Lipinski definition) is 1. The zero-order chi connectivity index (χ0) is 14.4. The molecule has 1 aromatic carbocycles. The fraction of sp³-hybridized carbons (Fsp3) is 0.500. The number of nitrogens with one attached hydrogen (secondary N) is 1. The van der Waals surface area contributed by atoms with Crippen molar-refractivity contribution in [3.05, 3.63) is 46.7 Å². The van der Waals surface area contributed by atoms with Crippen LogP contribution in [0.1, 0.15) is 18.4 Å². The molecule has 2 nitrogen and oxygen atoms in total. The predicted octanol–water partition coefficient (Wildman–Crippen LogP) is 4.00. The van der Waals surface area contributed by atoms with Crippen molar-refractivity contribution in [3.63, 3.8) is 0 Å². The first-order valence-corrected chi connectivity index (χ1v) is 7.96. The highest BCUT2D eigenvalue weighted by molar-refractivity contribution is 9.10. The summed E-state index contributed by atoms with van der Waals surface area (Å²) < 4.78 is 14.8. The first-order valence-electron chi connectivity index (χ1n) is 7.17. The van der Waals surface area contributed by atoms with Crippen molar-refractivity contribution in [1.82, 2.24) is 10.2 Å². The van der Waals surface area contributed by atoms with Gasteiger partial charge in [-0.15, -0.1) is 19.0 Å². The summed E-state index contributed by atoms with van der Waals surface area (Å²) in [5.74, 6) is 0.569. The standard InChI is InChI=1S/C16H22BrFN2.ClH/c1-2-9-20(11-13-5-7-19-8-6-13)12-14-10-15(17)3-4-16(14)18;/h2-4,10,13,19H,1,5-9,11-12H2;1H. The van der Waals surface area contributed by atoms with Gasteiger partial charge in [-0.3, -0.25) is 4.90 Å². The molecular formula is C16H23BrClFN2. The third kappa shape index (κ3) is 6.07. The van der Waals surface area contributed by atoms with Gasteiger partial charge in [-0.1, -0.05) is 22.0 Å². The van der Waals surface area contributed by atoms with Crippen molar-refractivity contribution in [2.24, 2.45) is 5.92 Å². The Morgan fingerprint density at radius 3 is 2.76 bits per heavy atom. The maximum absolute atomic E-state index is 13.9. The zero-order valence-electron chi connectivity index (χ0n) is 12.2. The van der Waals surface area contributed by atoms with Gasteiger partial charge in [0.2, 0.25) is 0 Å². The van der Waals surface area contributed by atoms with Crippen molar-refractivity contribution < 1.29 is 4.39 Å². The minimum Gasteiger partial charge on any atom is -0.317 e. The Kier molecular flexibility index (Phi) is 8.49. The molecule has 0 radical (unpaired) electrons. The first-order chi connectivity index (χ1) is 9.69. The molecule has 0 saturated carbocycles. The summed E-state index contributed by atoms with van der Waals surface area (Å²) in [7, 11) is 0. The molecule has 1 aliphatic heterocycles. The SMILES string of the molecule is C=CCN(Cc1cc(Br)ccc1F)CC1CCNCC1.Cl. The van der Waals surface area contributed by atoms with Crippen LogP contribution in [0.25, 0.3) is 0 Å². The Morgan fingerprint density at radius 1 is 1.38 bits per heavy atom. The summed E-state index contributed by atoms with van der Waals surface area (Å²) in [5.41, 5.74) is 0.746.